The van der Waals surface area contributed by atoms with E-state index in [4.69, 9.17) is 23.2 Å². The van der Waals surface area contributed by atoms with E-state index in [0.717, 1.165) is 0 Å². The molecule has 0 bridgehead atoms. The van der Waals surface area contributed by atoms with E-state index >= 15 is 0 Å². The molecule has 0 aliphatic heterocycles. The van der Waals surface area contributed by atoms with E-state index in [0.29, 0.717) is 6.92 Å². The molecule has 0 saturated carbocycles. The molecule has 4 nitrogen and oxygen atoms in total. The Hall–Kier alpha value is -1.09. The van der Waals surface area contributed by atoms with Crippen LogP contribution in [0.15, 0.2) is 0 Å². The third-order valence-electron chi connectivity index (χ3n) is 2.49. The van der Waals surface area contributed by atoms with Gasteiger partial charge in [-0.2, -0.15) is 0 Å². The molecule has 0 saturated heterocycles. The fraction of sp³-hybridized carbons (Fsp3) is 0.600. The van der Waals surface area contributed by atoms with Crippen LogP contribution in [-0.4, -0.2) is 52.4 Å². The highest BCUT2D eigenvalue weighted by Crippen LogP contribution is 2.41. The normalized spacial score (nSPS) is 18.5. The van der Waals surface area contributed by atoms with Gasteiger partial charge in [0.05, 0.1) is 0 Å². The smallest absolute Gasteiger partial charge is 0.294 e. The molecular weight excluding hydrogens is 350 g/mol. The van der Waals surface area contributed by atoms with Crippen LogP contribution in [0.5, 0.6) is 0 Å². The van der Waals surface area contributed by atoms with Crippen LogP contribution < -0.4 is 0 Å². The monoisotopic (exact) mass is 356 g/mol. The third kappa shape index (κ3) is 3.08. The van der Waals surface area contributed by atoms with Crippen LogP contribution in [0, 0.1) is 0 Å². The number of hydrogen-bond donors (Lipinski definition) is 0. The van der Waals surface area contributed by atoms with Gasteiger partial charge >= 0.3 is 0 Å². The molecule has 0 rings (SSSR count). The van der Waals surface area contributed by atoms with Crippen LogP contribution in [0.2, 0.25) is 0 Å². The summed E-state index contributed by atoms with van der Waals surface area (Å²) in [6.07, 6.45) is -7.14. The zero-order valence-electron chi connectivity index (χ0n) is 10.1. The number of carbonyl (C=O) groups excluding carboxylic acids is 4. The number of hydrogen-bond acceptors (Lipinski definition) is 4. The Morgan fingerprint density at radius 2 is 1.52 bits per heavy atom. The molecule has 3 unspecified atom stereocenters. The zero-order valence-corrected chi connectivity index (χ0v) is 11.7. The average molecular weight is 357 g/mol. The van der Waals surface area contributed by atoms with Gasteiger partial charge in [0.25, 0.3) is 17.3 Å². The van der Waals surface area contributed by atoms with Crippen molar-refractivity contribution in [3.63, 3.8) is 0 Å². The number of alkyl halides is 6. The van der Waals surface area contributed by atoms with Crippen molar-refractivity contribution in [2.75, 3.05) is 6.67 Å². The number of halogens is 7. The van der Waals surface area contributed by atoms with Crippen molar-refractivity contribution in [2.24, 2.45) is 0 Å². The van der Waals surface area contributed by atoms with Crippen LogP contribution in [0.4, 0.5) is 22.0 Å². The Morgan fingerprint density at radius 3 is 1.76 bits per heavy atom. The molecule has 21 heavy (non-hydrogen) atoms. The Kier molecular flexibility index (Phi) is 6.43. The first-order valence-electron chi connectivity index (χ1n) is 5.06. The fourth-order valence-corrected chi connectivity index (χ4v) is 1.89. The molecule has 0 spiro atoms. The Bertz CT molecular complexity index is 462. The molecule has 120 valence electrons. The molecule has 0 aromatic rings. The summed E-state index contributed by atoms with van der Waals surface area (Å²) in [5.41, 5.74) is -4.85. The van der Waals surface area contributed by atoms with Crippen molar-refractivity contribution < 1.29 is 41.1 Å². The van der Waals surface area contributed by atoms with E-state index in [1.165, 1.54) is 0 Å². The maximum atomic E-state index is 14.6. The number of carbonyl (C=O) groups is 4. The minimum atomic E-state index is -4.85. The van der Waals surface area contributed by atoms with Gasteiger partial charge in [0.1, 0.15) is 0 Å². The summed E-state index contributed by atoms with van der Waals surface area (Å²) >= 11 is 9.89. The highest BCUT2D eigenvalue weighted by atomic mass is 35.5. The van der Waals surface area contributed by atoms with Crippen molar-refractivity contribution in [3.8, 4) is 0 Å². The van der Waals surface area contributed by atoms with E-state index in [-0.39, 0.29) is 0 Å². The Labute approximate surface area is 124 Å². The molecule has 0 fully saturated rings. The van der Waals surface area contributed by atoms with E-state index in [2.05, 4.69) is 0 Å². The number of rotatable bonds is 8. The first-order valence-corrected chi connectivity index (χ1v) is 5.82. The van der Waals surface area contributed by atoms with Gasteiger partial charge in [-0.3, -0.25) is 19.2 Å². The highest BCUT2D eigenvalue weighted by molar-refractivity contribution is 6.76. The maximum absolute atomic E-state index is 14.6. The molecule has 0 heterocycles. The molecule has 0 radical (unpaired) electrons. The minimum absolute atomic E-state index is 0.339. The summed E-state index contributed by atoms with van der Waals surface area (Å²) in [5.74, 6) is -7.78. The lowest BCUT2D eigenvalue weighted by Gasteiger charge is -2.34. The van der Waals surface area contributed by atoms with Gasteiger partial charge in [-0.05, 0) is 18.5 Å². The summed E-state index contributed by atoms with van der Waals surface area (Å²) in [5, 5.41) is -2.31. The van der Waals surface area contributed by atoms with Gasteiger partial charge in [-0.15, -0.1) is 0 Å². The lowest BCUT2D eigenvalue weighted by Crippen LogP contribution is -2.67. The molecule has 0 aromatic heterocycles. The van der Waals surface area contributed by atoms with Crippen LogP contribution in [0.25, 0.3) is 0 Å². The molecule has 11 heteroatoms. The predicted molar refractivity (Wildman–Crippen MR) is 60.9 cm³/mol. The van der Waals surface area contributed by atoms with Crippen molar-refractivity contribution in [1.29, 1.82) is 0 Å². The zero-order chi connectivity index (χ0) is 17.2. The fourth-order valence-electron chi connectivity index (χ4n) is 1.41. The summed E-state index contributed by atoms with van der Waals surface area (Å²) in [6.45, 7) is -1.87. The second kappa shape index (κ2) is 6.78. The molecule has 0 aliphatic rings. The van der Waals surface area contributed by atoms with Crippen molar-refractivity contribution in [1.82, 2.24) is 0 Å². The summed E-state index contributed by atoms with van der Waals surface area (Å²) < 4.78 is 64.8. The van der Waals surface area contributed by atoms with Gasteiger partial charge in [0.2, 0.25) is 16.4 Å². The van der Waals surface area contributed by atoms with E-state index in [1.54, 1.807) is 0 Å². The molecule has 0 aromatic carbocycles. The van der Waals surface area contributed by atoms with Gasteiger partial charge in [0.15, 0.2) is 18.6 Å². The largest absolute Gasteiger partial charge is 0.299 e. The SMILES string of the molecule is CC(F)C(=O)C(F)(C(=O)C(F)F)C(Cl)(C(=O)Cl)C(=O)CF. The molecule has 0 amide bonds. The Morgan fingerprint density at radius 1 is 1.10 bits per heavy atom. The van der Waals surface area contributed by atoms with Crippen molar-refractivity contribution >= 4 is 45.8 Å². The minimum Gasteiger partial charge on any atom is -0.294 e. The lowest BCUT2D eigenvalue weighted by molar-refractivity contribution is -0.160. The molecule has 0 N–H and O–H groups in total. The maximum Gasteiger partial charge on any atom is 0.299 e. The summed E-state index contributed by atoms with van der Waals surface area (Å²) in [4.78, 5) is 40.8. The predicted octanol–water partition coefficient (Wildman–Crippen LogP) is 1.74. The van der Waals surface area contributed by atoms with Gasteiger partial charge in [0, 0.05) is 0 Å². The van der Waals surface area contributed by atoms with Crippen LogP contribution in [-0.2, 0) is 19.2 Å². The quantitative estimate of drug-likeness (QED) is 0.287. The van der Waals surface area contributed by atoms with Gasteiger partial charge < -0.3 is 0 Å². The van der Waals surface area contributed by atoms with Crippen LogP contribution >= 0.6 is 23.2 Å². The van der Waals surface area contributed by atoms with Crippen LogP contribution in [0.3, 0.4) is 0 Å². The lowest BCUT2D eigenvalue weighted by atomic mass is 9.78. The summed E-state index contributed by atoms with van der Waals surface area (Å²) in [7, 11) is 0. The van der Waals surface area contributed by atoms with E-state index in [1.807, 2.05) is 0 Å². The average Bonchev–Trinajstić information content (AvgIpc) is 2.41. The van der Waals surface area contributed by atoms with Crippen molar-refractivity contribution in [3.05, 3.63) is 0 Å². The highest BCUT2D eigenvalue weighted by Gasteiger charge is 2.71. The second-order valence-corrected chi connectivity index (χ2v) is 4.70. The van der Waals surface area contributed by atoms with Gasteiger partial charge in [-0.1, -0.05) is 11.6 Å². The number of ketones is 3. The molecule has 0 aliphatic carbocycles. The molecular formula is C10H7Cl2F5O4. The standard InChI is InChI=1S/C10H7Cl2F5O4/c1-3(14)5(19)10(17,6(20)7(15)16)9(12,8(11)21)4(18)2-13/h3,7H,2H2,1H3. The van der Waals surface area contributed by atoms with Crippen molar-refractivity contribution in [2.45, 2.75) is 30.1 Å². The van der Waals surface area contributed by atoms with E-state index < -0.39 is 52.4 Å². The second-order valence-electron chi connectivity index (χ2n) is 3.79. The topological polar surface area (TPSA) is 68.3 Å². The first kappa shape index (κ1) is 19.9. The van der Waals surface area contributed by atoms with E-state index in [9.17, 15) is 41.1 Å². The van der Waals surface area contributed by atoms with Gasteiger partial charge in [-0.25, -0.2) is 22.0 Å². The third-order valence-corrected chi connectivity index (χ3v) is 3.51. The molecule has 3 atom stereocenters. The first-order chi connectivity index (χ1) is 9.38. The Balaban J connectivity index is 6.49. The van der Waals surface area contributed by atoms with Crippen LogP contribution in [0.1, 0.15) is 6.92 Å². The summed E-state index contributed by atoms with van der Waals surface area (Å²) in [6, 6.07) is 0. The number of Topliss-reactive ketones (excluding diaryl/α,β-unsaturated/α-hetero) is 3.